The van der Waals surface area contributed by atoms with E-state index in [2.05, 4.69) is 0 Å². The van der Waals surface area contributed by atoms with E-state index in [1.165, 1.54) is 22.7 Å². The number of esters is 2. The average molecular weight is 326 g/mol. The predicted molar refractivity (Wildman–Crippen MR) is 85.4 cm³/mol. The highest BCUT2D eigenvalue weighted by Crippen LogP contribution is 2.36. The highest BCUT2D eigenvalue weighted by Gasteiger charge is 2.25. The maximum absolute atomic E-state index is 12.3. The number of hydrogen-bond donors (Lipinski definition) is 0. The lowest BCUT2D eigenvalue weighted by Gasteiger charge is -2.19. The summed E-state index contributed by atoms with van der Waals surface area (Å²) in [5.74, 6) is -0.815. The number of thiophene rings is 2. The first-order valence-electron chi connectivity index (χ1n) is 6.62. The van der Waals surface area contributed by atoms with Crippen LogP contribution in [-0.4, -0.2) is 23.6 Å². The van der Waals surface area contributed by atoms with Crippen molar-refractivity contribution in [3.05, 3.63) is 21.9 Å². The van der Waals surface area contributed by atoms with Crippen LogP contribution in [0.3, 0.4) is 0 Å². The van der Waals surface area contributed by atoms with Crippen molar-refractivity contribution < 1.29 is 19.1 Å². The largest absolute Gasteiger partial charge is 0.459 e. The normalized spacial score (nSPS) is 11.9. The minimum Gasteiger partial charge on any atom is -0.459 e. The Morgan fingerprint density at radius 2 is 1.57 bits per heavy atom. The number of carbonyl (C=O) groups excluding carboxylic acids is 2. The highest BCUT2D eigenvalue weighted by molar-refractivity contribution is 7.37. The van der Waals surface area contributed by atoms with Crippen LogP contribution in [0.15, 0.2) is 10.8 Å². The molecular weight excluding hydrogens is 308 g/mol. The summed E-state index contributed by atoms with van der Waals surface area (Å²) >= 11 is 2.87. The average Bonchev–Trinajstić information content (AvgIpc) is 2.84. The molecule has 2 rings (SSSR count). The molecule has 0 saturated carbocycles. The third kappa shape index (κ3) is 3.63. The van der Waals surface area contributed by atoms with Crippen molar-refractivity contribution in [3.63, 3.8) is 0 Å². The molecule has 0 aliphatic heterocycles. The molecule has 0 unspecified atom stereocenters. The number of fused-ring (bicyclic) bond motifs is 1. The Balaban J connectivity index is 2.40. The second kappa shape index (κ2) is 5.77. The molecule has 0 saturated heterocycles. The molecule has 0 aromatic carbocycles. The monoisotopic (exact) mass is 326 g/mol. The lowest BCUT2D eigenvalue weighted by molar-refractivity contribution is 0.00723. The van der Waals surface area contributed by atoms with Gasteiger partial charge in [-0.2, -0.15) is 0 Å². The molecule has 2 aromatic rings. The van der Waals surface area contributed by atoms with E-state index >= 15 is 0 Å². The summed E-state index contributed by atoms with van der Waals surface area (Å²) in [4.78, 5) is 24.4. The molecule has 0 fully saturated rings. The topological polar surface area (TPSA) is 52.6 Å². The molecule has 2 heterocycles. The third-order valence-corrected chi connectivity index (χ3v) is 4.61. The van der Waals surface area contributed by atoms with Crippen LogP contribution in [-0.2, 0) is 9.47 Å². The second-order valence-electron chi connectivity index (χ2n) is 5.92. The van der Waals surface area contributed by atoms with Crippen molar-refractivity contribution >= 4 is 44.0 Å². The zero-order valence-electron chi connectivity index (χ0n) is 12.7. The fourth-order valence-corrected chi connectivity index (χ4v) is 3.83. The van der Waals surface area contributed by atoms with E-state index in [1.54, 1.807) is 24.6 Å². The van der Waals surface area contributed by atoms with Crippen molar-refractivity contribution in [2.24, 2.45) is 0 Å². The summed E-state index contributed by atoms with van der Waals surface area (Å²) in [6.45, 7) is 9.04. The highest BCUT2D eigenvalue weighted by atomic mass is 32.2. The summed E-state index contributed by atoms with van der Waals surface area (Å²) in [5.41, 5.74) is 0.299. The Bertz CT molecular complexity index is 673. The standard InChI is InChI=1S/C15H18O4S2/c1-8(2)18-12(16)9-6-20-14-11(9)10(7-21-14)13(17)19-15(3,4)5/h6-8H,1-5H3. The quantitative estimate of drug-likeness (QED) is 0.780. The summed E-state index contributed by atoms with van der Waals surface area (Å²) in [6.07, 6.45) is -0.198. The maximum atomic E-state index is 12.3. The molecule has 6 heteroatoms. The summed E-state index contributed by atoms with van der Waals surface area (Å²) < 4.78 is 11.5. The fourth-order valence-electron chi connectivity index (χ4n) is 1.76. The SMILES string of the molecule is CC(C)OC(=O)c1csc2scc(C(=O)OC(C)(C)C)c12. The predicted octanol–water partition coefficient (Wildman–Crippen LogP) is 4.48. The molecule has 0 atom stereocenters. The van der Waals surface area contributed by atoms with Gasteiger partial charge in [-0.1, -0.05) is 0 Å². The first-order valence-corrected chi connectivity index (χ1v) is 8.38. The van der Waals surface area contributed by atoms with Crippen LogP contribution >= 0.6 is 22.7 Å². The first kappa shape index (κ1) is 16.0. The molecule has 0 radical (unpaired) electrons. The van der Waals surface area contributed by atoms with E-state index in [9.17, 15) is 9.59 Å². The molecule has 0 amide bonds. The zero-order chi connectivity index (χ0) is 15.8. The lowest BCUT2D eigenvalue weighted by Crippen LogP contribution is -2.23. The van der Waals surface area contributed by atoms with Gasteiger partial charge in [0.15, 0.2) is 0 Å². The molecule has 0 aliphatic carbocycles. The molecule has 4 nitrogen and oxygen atoms in total. The molecule has 0 spiro atoms. The van der Waals surface area contributed by atoms with E-state index in [1.807, 2.05) is 20.8 Å². The zero-order valence-corrected chi connectivity index (χ0v) is 14.3. The van der Waals surface area contributed by atoms with Gasteiger partial charge in [-0.25, -0.2) is 9.59 Å². The van der Waals surface area contributed by atoms with Crippen LogP contribution in [0.5, 0.6) is 0 Å². The lowest BCUT2D eigenvalue weighted by atomic mass is 10.1. The van der Waals surface area contributed by atoms with Gasteiger partial charge in [0.25, 0.3) is 0 Å². The molecule has 0 bridgehead atoms. The van der Waals surface area contributed by atoms with Crippen molar-refractivity contribution in [1.82, 2.24) is 0 Å². The van der Waals surface area contributed by atoms with E-state index in [4.69, 9.17) is 9.47 Å². The molecule has 0 N–H and O–H groups in total. The van der Waals surface area contributed by atoms with E-state index in [0.29, 0.717) is 16.5 Å². The van der Waals surface area contributed by atoms with Crippen LogP contribution in [0.4, 0.5) is 0 Å². The van der Waals surface area contributed by atoms with Gasteiger partial charge in [-0.05, 0) is 34.6 Å². The van der Waals surface area contributed by atoms with Crippen molar-refractivity contribution in [2.45, 2.75) is 46.3 Å². The summed E-state index contributed by atoms with van der Waals surface area (Å²) in [5, 5.41) is 4.12. The fraction of sp³-hybridized carbons (Fsp3) is 0.467. The minimum absolute atomic E-state index is 0.198. The van der Waals surface area contributed by atoms with Crippen molar-refractivity contribution in [3.8, 4) is 0 Å². The van der Waals surface area contributed by atoms with Crippen LogP contribution in [0.25, 0.3) is 9.40 Å². The van der Waals surface area contributed by atoms with Crippen molar-refractivity contribution in [1.29, 1.82) is 0 Å². The molecule has 0 aliphatic rings. The Morgan fingerprint density at radius 3 is 2.05 bits per heavy atom. The van der Waals surface area contributed by atoms with E-state index < -0.39 is 17.5 Å². The number of rotatable bonds is 3. The van der Waals surface area contributed by atoms with Gasteiger partial charge in [0.1, 0.15) is 5.60 Å². The van der Waals surface area contributed by atoms with Gasteiger partial charge in [-0.15, -0.1) is 22.7 Å². The number of ether oxygens (including phenoxy) is 2. The summed E-state index contributed by atoms with van der Waals surface area (Å²) in [6, 6.07) is 0. The van der Waals surface area contributed by atoms with Gasteiger partial charge in [0.2, 0.25) is 0 Å². The smallest absolute Gasteiger partial charge is 0.340 e. The van der Waals surface area contributed by atoms with Crippen LogP contribution in [0.1, 0.15) is 55.3 Å². The third-order valence-electron chi connectivity index (χ3n) is 2.49. The Hall–Kier alpha value is -1.40. The van der Waals surface area contributed by atoms with Crippen LogP contribution in [0, 0.1) is 0 Å². The van der Waals surface area contributed by atoms with E-state index in [0.717, 1.165) is 4.01 Å². The van der Waals surface area contributed by atoms with Gasteiger partial charge in [-0.3, -0.25) is 0 Å². The maximum Gasteiger partial charge on any atom is 0.340 e. The Kier molecular flexibility index (Phi) is 4.39. The molecule has 114 valence electrons. The van der Waals surface area contributed by atoms with Gasteiger partial charge in [0, 0.05) is 16.1 Å². The molecule has 21 heavy (non-hydrogen) atoms. The number of hydrogen-bond acceptors (Lipinski definition) is 6. The van der Waals surface area contributed by atoms with Gasteiger partial charge < -0.3 is 9.47 Å². The van der Waals surface area contributed by atoms with E-state index in [-0.39, 0.29) is 6.10 Å². The summed E-state index contributed by atoms with van der Waals surface area (Å²) in [7, 11) is 0. The first-order chi connectivity index (χ1) is 9.69. The Labute approximate surface area is 131 Å². The van der Waals surface area contributed by atoms with Gasteiger partial charge in [0.05, 0.1) is 21.2 Å². The van der Waals surface area contributed by atoms with Crippen LogP contribution < -0.4 is 0 Å². The number of carbonyl (C=O) groups is 2. The molecule has 2 aromatic heterocycles. The van der Waals surface area contributed by atoms with Crippen LogP contribution in [0.2, 0.25) is 0 Å². The van der Waals surface area contributed by atoms with Gasteiger partial charge >= 0.3 is 11.9 Å². The molecular formula is C15H18O4S2. The van der Waals surface area contributed by atoms with Crippen molar-refractivity contribution in [2.75, 3.05) is 0 Å². The second-order valence-corrected chi connectivity index (χ2v) is 7.93. The Morgan fingerprint density at radius 1 is 1.05 bits per heavy atom. The minimum atomic E-state index is -0.569.